The maximum atomic E-state index is 12.1. The predicted octanol–water partition coefficient (Wildman–Crippen LogP) is 5.69. The summed E-state index contributed by atoms with van der Waals surface area (Å²) in [4.78, 5) is 0. The van der Waals surface area contributed by atoms with E-state index in [1.54, 1.807) is 0 Å². The smallest absolute Gasteiger partial charge is 0.0928 e. The van der Waals surface area contributed by atoms with Crippen LogP contribution in [-0.2, 0) is 4.74 Å². The Morgan fingerprint density at radius 2 is 1.57 bits per heavy atom. The Kier molecular flexibility index (Phi) is 7.77. The summed E-state index contributed by atoms with van der Waals surface area (Å²) in [6.07, 6.45) is 17.3. The first-order chi connectivity index (χ1) is 10.3. The molecule has 0 N–H and O–H groups in total. The van der Waals surface area contributed by atoms with Crippen LogP contribution in [0.3, 0.4) is 0 Å². The van der Waals surface area contributed by atoms with Crippen LogP contribution in [0.2, 0.25) is 0 Å². The van der Waals surface area contributed by atoms with Crippen LogP contribution < -0.4 is 0 Å². The van der Waals surface area contributed by atoms with Gasteiger partial charge in [-0.1, -0.05) is 19.1 Å². The van der Waals surface area contributed by atoms with Crippen LogP contribution in [0.1, 0.15) is 71.1 Å². The number of hydrogen-bond donors (Lipinski definition) is 0. The summed E-state index contributed by atoms with van der Waals surface area (Å²) < 4.78 is 18.0. The lowest BCUT2D eigenvalue weighted by molar-refractivity contribution is 0.00796. The molecule has 0 aliphatic heterocycles. The maximum absolute atomic E-state index is 12.1. The Hall–Kier alpha value is -0.370. The second-order valence-electron chi connectivity index (χ2n) is 6.99. The molecular formula is C19H33FO. The van der Waals surface area contributed by atoms with Gasteiger partial charge >= 0.3 is 0 Å². The van der Waals surface area contributed by atoms with Gasteiger partial charge in [0.25, 0.3) is 0 Å². The molecule has 0 bridgehead atoms. The molecule has 0 radical (unpaired) electrons. The molecule has 2 saturated carbocycles. The van der Waals surface area contributed by atoms with Crippen LogP contribution in [0.5, 0.6) is 0 Å². The van der Waals surface area contributed by atoms with E-state index in [1.165, 1.54) is 51.4 Å². The molecule has 0 heterocycles. The maximum Gasteiger partial charge on any atom is 0.0928 e. The van der Waals surface area contributed by atoms with Gasteiger partial charge in [0.15, 0.2) is 0 Å². The number of hydrogen-bond acceptors (Lipinski definition) is 1. The molecular weight excluding hydrogens is 263 g/mol. The van der Waals surface area contributed by atoms with Gasteiger partial charge in [-0.05, 0) is 82.0 Å². The van der Waals surface area contributed by atoms with Gasteiger partial charge in [0, 0.05) is 6.61 Å². The van der Waals surface area contributed by atoms with Gasteiger partial charge in [0.1, 0.15) is 0 Å². The highest BCUT2D eigenvalue weighted by atomic mass is 19.1. The predicted molar refractivity (Wildman–Crippen MR) is 87.2 cm³/mol. The molecule has 2 heteroatoms. The highest BCUT2D eigenvalue weighted by molar-refractivity contribution is 4.92. The van der Waals surface area contributed by atoms with Gasteiger partial charge in [-0.25, -0.2) is 0 Å². The SMILES string of the molecule is CCCOC1CCC([C@H]2CC[C@H](/C=C/CCF)CC2)CC1. The molecule has 0 atom stereocenters. The lowest BCUT2D eigenvalue weighted by Gasteiger charge is -2.37. The van der Waals surface area contributed by atoms with E-state index < -0.39 is 0 Å². The van der Waals surface area contributed by atoms with Crippen molar-refractivity contribution in [1.82, 2.24) is 0 Å². The fourth-order valence-corrected chi connectivity index (χ4v) is 4.17. The third kappa shape index (κ3) is 5.73. The minimum Gasteiger partial charge on any atom is -0.378 e. The summed E-state index contributed by atoms with van der Waals surface area (Å²) in [6, 6.07) is 0. The van der Waals surface area contributed by atoms with Crippen LogP contribution in [0.25, 0.3) is 0 Å². The number of rotatable bonds is 7. The van der Waals surface area contributed by atoms with E-state index in [1.807, 2.05) is 6.08 Å². The molecule has 0 unspecified atom stereocenters. The van der Waals surface area contributed by atoms with E-state index in [-0.39, 0.29) is 6.67 Å². The minimum absolute atomic E-state index is 0.213. The van der Waals surface area contributed by atoms with E-state index in [0.717, 1.165) is 30.8 Å². The van der Waals surface area contributed by atoms with Crippen LogP contribution in [0.4, 0.5) is 4.39 Å². The zero-order chi connectivity index (χ0) is 14.9. The fourth-order valence-electron chi connectivity index (χ4n) is 4.17. The molecule has 0 aromatic heterocycles. The molecule has 122 valence electrons. The number of alkyl halides is 1. The largest absolute Gasteiger partial charge is 0.378 e. The zero-order valence-corrected chi connectivity index (χ0v) is 13.7. The Bertz CT molecular complexity index is 286. The van der Waals surface area contributed by atoms with Crippen LogP contribution in [-0.4, -0.2) is 19.4 Å². The fraction of sp³-hybridized carbons (Fsp3) is 0.895. The lowest BCUT2D eigenvalue weighted by Crippen LogP contribution is -2.28. The average Bonchev–Trinajstić information content (AvgIpc) is 2.54. The van der Waals surface area contributed by atoms with E-state index in [0.29, 0.717) is 12.5 Å². The summed E-state index contributed by atoms with van der Waals surface area (Å²) in [5.41, 5.74) is 0. The van der Waals surface area contributed by atoms with Crippen molar-refractivity contribution in [3.05, 3.63) is 12.2 Å². The summed E-state index contributed by atoms with van der Waals surface area (Å²) in [6.45, 7) is 2.91. The van der Waals surface area contributed by atoms with Crippen molar-refractivity contribution >= 4 is 0 Å². The zero-order valence-electron chi connectivity index (χ0n) is 13.7. The molecule has 1 nitrogen and oxygen atoms in total. The quantitative estimate of drug-likeness (QED) is 0.548. The third-order valence-electron chi connectivity index (χ3n) is 5.44. The summed E-state index contributed by atoms with van der Waals surface area (Å²) in [5, 5.41) is 0. The first kappa shape index (κ1) is 17.0. The Morgan fingerprint density at radius 3 is 2.14 bits per heavy atom. The van der Waals surface area contributed by atoms with Crippen LogP contribution in [0, 0.1) is 17.8 Å². The van der Waals surface area contributed by atoms with Crippen molar-refractivity contribution in [2.45, 2.75) is 77.2 Å². The minimum atomic E-state index is -0.213. The first-order valence-corrected chi connectivity index (χ1v) is 9.17. The highest BCUT2D eigenvalue weighted by Gasteiger charge is 2.30. The second-order valence-corrected chi connectivity index (χ2v) is 6.99. The molecule has 2 fully saturated rings. The first-order valence-electron chi connectivity index (χ1n) is 9.17. The van der Waals surface area contributed by atoms with Crippen molar-refractivity contribution in [3.63, 3.8) is 0 Å². The van der Waals surface area contributed by atoms with E-state index >= 15 is 0 Å². The molecule has 0 aromatic rings. The Labute approximate surface area is 130 Å². The average molecular weight is 296 g/mol. The molecule has 0 amide bonds. The summed E-state index contributed by atoms with van der Waals surface area (Å²) in [5.74, 6) is 2.61. The molecule has 0 spiro atoms. The third-order valence-corrected chi connectivity index (χ3v) is 5.44. The standard InChI is InChI=1S/C19H33FO/c1-2-15-21-19-12-10-18(11-13-19)17-8-6-16(7-9-17)5-3-4-14-20/h3,5,16-19H,2,4,6-15H2,1H3/b5-3+/t16-,17-,18?,19?. The van der Waals surface area contributed by atoms with Crippen LogP contribution >= 0.6 is 0 Å². The lowest BCUT2D eigenvalue weighted by atomic mass is 9.70. The van der Waals surface area contributed by atoms with Crippen molar-refractivity contribution in [3.8, 4) is 0 Å². The van der Waals surface area contributed by atoms with Crippen molar-refractivity contribution < 1.29 is 9.13 Å². The highest BCUT2D eigenvalue weighted by Crippen LogP contribution is 2.40. The van der Waals surface area contributed by atoms with E-state index in [2.05, 4.69) is 13.0 Å². The van der Waals surface area contributed by atoms with Gasteiger partial charge in [0.2, 0.25) is 0 Å². The number of halogens is 1. The van der Waals surface area contributed by atoms with Gasteiger partial charge in [0.05, 0.1) is 12.8 Å². The Morgan fingerprint density at radius 1 is 0.952 bits per heavy atom. The topological polar surface area (TPSA) is 9.23 Å². The van der Waals surface area contributed by atoms with Gasteiger partial charge in [-0.2, -0.15) is 0 Å². The van der Waals surface area contributed by atoms with Crippen molar-refractivity contribution in [2.24, 2.45) is 17.8 Å². The molecule has 2 rings (SSSR count). The molecule has 2 aliphatic rings. The molecule has 21 heavy (non-hydrogen) atoms. The van der Waals surface area contributed by atoms with Crippen molar-refractivity contribution in [2.75, 3.05) is 13.3 Å². The summed E-state index contributed by atoms with van der Waals surface area (Å²) >= 11 is 0. The normalized spacial score (nSPS) is 34.4. The van der Waals surface area contributed by atoms with Gasteiger partial charge in [-0.15, -0.1) is 0 Å². The second kappa shape index (κ2) is 9.61. The van der Waals surface area contributed by atoms with Crippen LogP contribution in [0.15, 0.2) is 12.2 Å². The summed E-state index contributed by atoms with van der Waals surface area (Å²) in [7, 11) is 0. The molecule has 0 saturated heterocycles. The Balaban J connectivity index is 1.64. The number of allylic oxidation sites excluding steroid dienone is 2. The van der Waals surface area contributed by atoms with Crippen molar-refractivity contribution in [1.29, 1.82) is 0 Å². The molecule has 0 aromatic carbocycles. The van der Waals surface area contributed by atoms with E-state index in [4.69, 9.17) is 4.74 Å². The number of ether oxygens (including phenoxy) is 1. The molecule has 2 aliphatic carbocycles. The monoisotopic (exact) mass is 296 g/mol. The van der Waals surface area contributed by atoms with E-state index in [9.17, 15) is 4.39 Å². The van der Waals surface area contributed by atoms with Gasteiger partial charge < -0.3 is 4.74 Å². The van der Waals surface area contributed by atoms with Gasteiger partial charge in [-0.3, -0.25) is 4.39 Å².